The van der Waals surface area contributed by atoms with E-state index >= 15 is 0 Å². The smallest absolute Gasteiger partial charge is 0.325 e. The summed E-state index contributed by atoms with van der Waals surface area (Å²) in [6.07, 6.45) is 1.55. The van der Waals surface area contributed by atoms with Crippen LogP contribution >= 0.6 is 0 Å². The molecule has 1 fully saturated rings. The first kappa shape index (κ1) is 17.2. The Labute approximate surface area is 136 Å². The Morgan fingerprint density at radius 1 is 1.43 bits per heavy atom. The predicted molar refractivity (Wildman–Crippen MR) is 86.8 cm³/mol. The van der Waals surface area contributed by atoms with Crippen molar-refractivity contribution in [2.75, 3.05) is 32.0 Å². The van der Waals surface area contributed by atoms with Crippen LogP contribution in [0.4, 0.5) is 5.82 Å². The molecule has 0 bridgehead atoms. The van der Waals surface area contributed by atoms with Gasteiger partial charge in [-0.25, -0.2) is 4.98 Å². The number of rotatable bonds is 4. The summed E-state index contributed by atoms with van der Waals surface area (Å²) in [5, 5.41) is 0. The first-order valence-corrected chi connectivity index (χ1v) is 7.87. The van der Waals surface area contributed by atoms with E-state index in [1.165, 1.54) is 0 Å². The Morgan fingerprint density at radius 3 is 2.78 bits per heavy atom. The maximum Gasteiger partial charge on any atom is 0.325 e. The van der Waals surface area contributed by atoms with Crippen LogP contribution in [0.3, 0.4) is 0 Å². The molecule has 1 aliphatic heterocycles. The zero-order valence-corrected chi connectivity index (χ0v) is 13.9. The summed E-state index contributed by atoms with van der Waals surface area (Å²) in [5.41, 5.74) is 6.15. The molecule has 1 aromatic rings. The van der Waals surface area contributed by atoms with Gasteiger partial charge in [-0.1, -0.05) is 0 Å². The maximum atomic E-state index is 12.7. The highest BCUT2D eigenvalue weighted by Gasteiger charge is 2.37. The minimum Gasteiger partial charge on any atom is -0.465 e. The largest absolute Gasteiger partial charge is 0.465 e. The molecule has 7 nitrogen and oxygen atoms in total. The predicted octanol–water partition coefficient (Wildman–Crippen LogP) is 0.762. The summed E-state index contributed by atoms with van der Waals surface area (Å²) >= 11 is 0. The molecule has 23 heavy (non-hydrogen) atoms. The fourth-order valence-electron chi connectivity index (χ4n) is 2.82. The van der Waals surface area contributed by atoms with Crippen molar-refractivity contribution in [1.29, 1.82) is 0 Å². The third kappa shape index (κ3) is 3.79. The molecule has 1 unspecified atom stereocenters. The van der Waals surface area contributed by atoms with Gasteiger partial charge < -0.3 is 15.4 Å². The molecule has 0 radical (unpaired) electrons. The van der Waals surface area contributed by atoms with Crippen molar-refractivity contribution in [3.8, 4) is 0 Å². The summed E-state index contributed by atoms with van der Waals surface area (Å²) in [6.45, 7) is 7.62. The van der Waals surface area contributed by atoms with E-state index in [2.05, 4.69) is 9.88 Å². The van der Waals surface area contributed by atoms with Gasteiger partial charge in [0, 0.05) is 31.9 Å². The fraction of sp³-hybridized carbons (Fsp3) is 0.562. The van der Waals surface area contributed by atoms with E-state index in [4.69, 9.17) is 10.5 Å². The van der Waals surface area contributed by atoms with Gasteiger partial charge in [-0.15, -0.1) is 0 Å². The molecule has 0 saturated carbocycles. The lowest BCUT2D eigenvalue weighted by molar-refractivity contribution is -0.152. The minimum absolute atomic E-state index is 0.199. The zero-order valence-electron chi connectivity index (χ0n) is 13.9. The van der Waals surface area contributed by atoms with Crippen molar-refractivity contribution in [3.05, 3.63) is 23.9 Å². The molecule has 1 aliphatic rings. The van der Waals surface area contributed by atoms with Crippen LogP contribution in [0, 0.1) is 0 Å². The van der Waals surface area contributed by atoms with Gasteiger partial charge in [-0.05, 0) is 32.9 Å². The van der Waals surface area contributed by atoms with Crippen molar-refractivity contribution in [2.45, 2.75) is 32.9 Å². The third-order valence-corrected chi connectivity index (χ3v) is 4.00. The number of piperazine rings is 1. The second-order valence-electron chi connectivity index (χ2n) is 5.79. The SMILES string of the molecule is CCOC(=O)C1CN(C(=O)c2cccnc2N)CCN1C(C)C. The van der Waals surface area contributed by atoms with E-state index in [-0.39, 0.29) is 23.7 Å². The highest BCUT2D eigenvalue weighted by molar-refractivity contribution is 5.98. The van der Waals surface area contributed by atoms with E-state index < -0.39 is 6.04 Å². The van der Waals surface area contributed by atoms with Gasteiger partial charge in [-0.3, -0.25) is 14.5 Å². The number of carbonyl (C=O) groups is 2. The Hall–Kier alpha value is -2.15. The van der Waals surface area contributed by atoms with Crippen LogP contribution in [-0.4, -0.2) is 65.0 Å². The summed E-state index contributed by atoms with van der Waals surface area (Å²) in [7, 11) is 0. The van der Waals surface area contributed by atoms with Crippen LogP contribution in [0.15, 0.2) is 18.3 Å². The Bertz CT molecular complexity index is 576. The van der Waals surface area contributed by atoms with Crippen LogP contribution in [0.5, 0.6) is 0 Å². The number of pyridine rings is 1. The molecule has 1 atom stereocenters. The summed E-state index contributed by atoms with van der Waals surface area (Å²) in [6, 6.07) is 3.08. The normalized spacial score (nSPS) is 19.0. The molecule has 0 aliphatic carbocycles. The standard InChI is InChI=1S/C16H24N4O3/c1-4-23-16(22)13-10-19(8-9-20(13)11(2)3)15(21)12-6-5-7-18-14(12)17/h5-7,11,13H,4,8-10H2,1-3H3,(H2,17,18). The van der Waals surface area contributed by atoms with Gasteiger partial charge in [0.1, 0.15) is 11.9 Å². The van der Waals surface area contributed by atoms with Crippen LogP contribution < -0.4 is 5.73 Å². The summed E-state index contributed by atoms with van der Waals surface area (Å²) in [4.78, 5) is 32.6. The molecule has 2 heterocycles. The lowest BCUT2D eigenvalue weighted by atomic mass is 10.1. The van der Waals surface area contributed by atoms with E-state index in [0.717, 1.165) is 0 Å². The highest BCUT2D eigenvalue weighted by atomic mass is 16.5. The van der Waals surface area contributed by atoms with Crippen LogP contribution in [0.2, 0.25) is 0 Å². The topological polar surface area (TPSA) is 88.8 Å². The molecule has 2 N–H and O–H groups in total. The van der Waals surface area contributed by atoms with Crippen LogP contribution in [0.1, 0.15) is 31.1 Å². The number of hydrogen-bond acceptors (Lipinski definition) is 6. The van der Waals surface area contributed by atoms with Gasteiger partial charge in [0.2, 0.25) is 0 Å². The minimum atomic E-state index is -0.453. The number of nitrogens with two attached hydrogens (primary N) is 1. The first-order valence-electron chi connectivity index (χ1n) is 7.87. The van der Waals surface area contributed by atoms with Crippen molar-refractivity contribution in [1.82, 2.24) is 14.8 Å². The number of amides is 1. The second-order valence-corrected chi connectivity index (χ2v) is 5.79. The molecule has 126 valence electrons. The van der Waals surface area contributed by atoms with E-state index in [9.17, 15) is 9.59 Å². The maximum absolute atomic E-state index is 12.7. The number of nitrogens with zero attached hydrogens (tertiary/aromatic N) is 3. The van der Waals surface area contributed by atoms with Gasteiger partial charge in [0.05, 0.1) is 12.2 Å². The number of hydrogen-bond donors (Lipinski definition) is 1. The average molecular weight is 320 g/mol. The lowest BCUT2D eigenvalue weighted by Crippen LogP contribution is -2.59. The van der Waals surface area contributed by atoms with Gasteiger partial charge in [-0.2, -0.15) is 0 Å². The molecular formula is C16H24N4O3. The Morgan fingerprint density at radius 2 is 2.17 bits per heavy atom. The van der Waals surface area contributed by atoms with E-state index in [0.29, 0.717) is 31.8 Å². The zero-order chi connectivity index (χ0) is 17.0. The molecule has 1 amide bonds. The molecular weight excluding hydrogens is 296 g/mol. The molecule has 2 rings (SSSR count). The number of ether oxygens (including phenoxy) is 1. The number of esters is 1. The quantitative estimate of drug-likeness (QED) is 0.824. The fourth-order valence-corrected chi connectivity index (χ4v) is 2.82. The number of carbonyl (C=O) groups excluding carboxylic acids is 2. The molecule has 7 heteroatoms. The van der Waals surface area contributed by atoms with Crippen molar-refractivity contribution >= 4 is 17.7 Å². The molecule has 0 spiro atoms. The van der Waals surface area contributed by atoms with Gasteiger partial charge in [0.15, 0.2) is 0 Å². The molecule has 1 aromatic heterocycles. The van der Waals surface area contributed by atoms with Crippen LogP contribution in [0.25, 0.3) is 0 Å². The highest BCUT2D eigenvalue weighted by Crippen LogP contribution is 2.18. The summed E-state index contributed by atoms with van der Waals surface area (Å²) in [5.74, 6) is -0.289. The summed E-state index contributed by atoms with van der Waals surface area (Å²) < 4.78 is 5.16. The first-order chi connectivity index (χ1) is 11.0. The van der Waals surface area contributed by atoms with E-state index in [1.807, 2.05) is 13.8 Å². The number of anilines is 1. The van der Waals surface area contributed by atoms with Gasteiger partial charge in [0.25, 0.3) is 5.91 Å². The average Bonchev–Trinajstić information content (AvgIpc) is 2.54. The number of aromatic nitrogens is 1. The van der Waals surface area contributed by atoms with E-state index in [1.54, 1.807) is 30.2 Å². The van der Waals surface area contributed by atoms with Crippen molar-refractivity contribution in [3.63, 3.8) is 0 Å². The van der Waals surface area contributed by atoms with Crippen molar-refractivity contribution < 1.29 is 14.3 Å². The number of nitrogen functional groups attached to an aromatic ring is 1. The lowest BCUT2D eigenvalue weighted by Gasteiger charge is -2.42. The Kier molecular flexibility index (Phi) is 5.54. The monoisotopic (exact) mass is 320 g/mol. The second kappa shape index (κ2) is 7.41. The van der Waals surface area contributed by atoms with Gasteiger partial charge >= 0.3 is 5.97 Å². The molecule has 0 aromatic carbocycles. The Balaban J connectivity index is 2.18. The molecule has 1 saturated heterocycles. The third-order valence-electron chi connectivity index (χ3n) is 4.00. The van der Waals surface area contributed by atoms with Crippen LogP contribution in [-0.2, 0) is 9.53 Å². The van der Waals surface area contributed by atoms with Crippen molar-refractivity contribution in [2.24, 2.45) is 0 Å².